The van der Waals surface area contributed by atoms with Crippen molar-refractivity contribution in [2.45, 2.75) is 20.4 Å². The number of rotatable bonds is 7. The van der Waals surface area contributed by atoms with Crippen LogP contribution in [0.5, 0.6) is 0 Å². The van der Waals surface area contributed by atoms with Crippen molar-refractivity contribution < 1.29 is 4.74 Å². The predicted octanol–water partition coefficient (Wildman–Crippen LogP) is 1.04. The monoisotopic (exact) mass is 238 g/mol. The van der Waals surface area contributed by atoms with Crippen LogP contribution in [0.15, 0.2) is 12.4 Å². The molecule has 0 bridgehead atoms. The summed E-state index contributed by atoms with van der Waals surface area (Å²) >= 11 is 0. The zero-order chi connectivity index (χ0) is 12.7. The molecule has 0 fully saturated rings. The van der Waals surface area contributed by atoms with E-state index in [1.54, 1.807) is 19.5 Å². The molecule has 0 aliphatic rings. The van der Waals surface area contributed by atoms with Crippen molar-refractivity contribution >= 4 is 5.82 Å². The van der Waals surface area contributed by atoms with Crippen LogP contribution in [-0.2, 0) is 11.3 Å². The fourth-order valence-electron chi connectivity index (χ4n) is 1.56. The van der Waals surface area contributed by atoms with Crippen LogP contribution in [0.25, 0.3) is 0 Å². The van der Waals surface area contributed by atoms with E-state index in [0.717, 1.165) is 24.6 Å². The van der Waals surface area contributed by atoms with Gasteiger partial charge in [-0.1, -0.05) is 13.8 Å². The van der Waals surface area contributed by atoms with Crippen LogP contribution in [0.1, 0.15) is 19.5 Å². The lowest BCUT2D eigenvalue weighted by molar-refractivity contribution is 0.204. The van der Waals surface area contributed by atoms with Gasteiger partial charge in [0.25, 0.3) is 0 Å². The summed E-state index contributed by atoms with van der Waals surface area (Å²) in [7, 11) is 1.71. The summed E-state index contributed by atoms with van der Waals surface area (Å²) in [6.45, 7) is 7.25. The van der Waals surface area contributed by atoms with E-state index in [1.165, 1.54) is 0 Å². The minimum atomic E-state index is 0.426. The average molecular weight is 238 g/mol. The minimum Gasteiger partial charge on any atom is -0.383 e. The molecule has 0 atom stereocenters. The van der Waals surface area contributed by atoms with Gasteiger partial charge in [0.05, 0.1) is 24.7 Å². The van der Waals surface area contributed by atoms with E-state index in [1.807, 2.05) is 0 Å². The van der Waals surface area contributed by atoms with Crippen LogP contribution in [0.3, 0.4) is 0 Å². The van der Waals surface area contributed by atoms with Crippen molar-refractivity contribution in [3.8, 4) is 0 Å². The molecule has 0 spiro atoms. The van der Waals surface area contributed by atoms with Gasteiger partial charge in [0.15, 0.2) is 0 Å². The summed E-state index contributed by atoms with van der Waals surface area (Å²) in [6, 6.07) is 0. The van der Waals surface area contributed by atoms with Gasteiger partial charge in [0.2, 0.25) is 0 Å². The Bertz CT molecular complexity index is 313. The topological polar surface area (TPSA) is 64.3 Å². The summed E-state index contributed by atoms with van der Waals surface area (Å²) in [4.78, 5) is 10.8. The number of hydrogen-bond donors (Lipinski definition) is 1. The first-order chi connectivity index (χ1) is 8.17. The van der Waals surface area contributed by atoms with Gasteiger partial charge in [-0.05, 0) is 5.92 Å². The van der Waals surface area contributed by atoms with Gasteiger partial charge < -0.3 is 15.4 Å². The van der Waals surface area contributed by atoms with Crippen LogP contribution in [-0.4, -0.2) is 36.8 Å². The molecule has 0 radical (unpaired) electrons. The highest BCUT2D eigenvalue weighted by molar-refractivity contribution is 5.35. The van der Waals surface area contributed by atoms with E-state index in [-0.39, 0.29) is 0 Å². The van der Waals surface area contributed by atoms with Gasteiger partial charge in [-0.2, -0.15) is 0 Å². The second-order valence-electron chi connectivity index (χ2n) is 4.40. The van der Waals surface area contributed by atoms with Gasteiger partial charge in [0.1, 0.15) is 5.82 Å². The van der Waals surface area contributed by atoms with Crippen LogP contribution in [0.2, 0.25) is 0 Å². The zero-order valence-corrected chi connectivity index (χ0v) is 10.9. The Labute approximate surface area is 103 Å². The molecule has 5 nitrogen and oxygen atoms in total. The van der Waals surface area contributed by atoms with Gasteiger partial charge in [-0.3, -0.25) is 4.98 Å². The van der Waals surface area contributed by atoms with Crippen LogP contribution < -0.4 is 10.6 Å². The molecule has 0 saturated carbocycles. The highest BCUT2D eigenvalue weighted by Crippen LogP contribution is 2.11. The standard InChI is InChI=1S/C12H22N4O/c1-10(2)9-16(4-5-17-3)12-8-14-11(6-13)7-15-12/h7-8,10H,4-6,9,13H2,1-3H3. The quantitative estimate of drug-likeness (QED) is 0.769. The Morgan fingerprint density at radius 3 is 2.59 bits per heavy atom. The highest BCUT2D eigenvalue weighted by Gasteiger charge is 2.10. The summed E-state index contributed by atoms with van der Waals surface area (Å²) in [5.74, 6) is 1.45. The number of nitrogens with two attached hydrogens (primary N) is 1. The van der Waals surface area contributed by atoms with E-state index in [2.05, 4.69) is 28.7 Å². The van der Waals surface area contributed by atoms with E-state index < -0.39 is 0 Å². The van der Waals surface area contributed by atoms with Crippen LogP contribution in [0, 0.1) is 5.92 Å². The van der Waals surface area contributed by atoms with Crippen LogP contribution in [0.4, 0.5) is 5.82 Å². The molecule has 0 saturated heterocycles. The predicted molar refractivity (Wildman–Crippen MR) is 68.9 cm³/mol. The Morgan fingerprint density at radius 1 is 1.35 bits per heavy atom. The molecule has 0 aliphatic heterocycles. The molecule has 1 rings (SSSR count). The summed E-state index contributed by atoms with van der Waals surface area (Å²) in [6.07, 6.45) is 3.51. The van der Waals surface area contributed by atoms with E-state index >= 15 is 0 Å². The van der Waals surface area contributed by atoms with Crippen molar-refractivity contribution in [3.05, 3.63) is 18.1 Å². The molecule has 0 amide bonds. The number of aromatic nitrogens is 2. The smallest absolute Gasteiger partial charge is 0.147 e. The van der Waals surface area contributed by atoms with Gasteiger partial charge in [0, 0.05) is 26.7 Å². The third-order valence-corrected chi connectivity index (χ3v) is 2.38. The Balaban J connectivity index is 2.72. The summed E-state index contributed by atoms with van der Waals surface area (Å²) in [5, 5.41) is 0. The lowest BCUT2D eigenvalue weighted by Gasteiger charge is -2.25. The second kappa shape index (κ2) is 7.19. The van der Waals surface area contributed by atoms with Gasteiger partial charge in [-0.15, -0.1) is 0 Å². The van der Waals surface area contributed by atoms with E-state index in [4.69, 9.17) is 10.5 Å². The Hall–Kier alpha value is -1.20. The maximum Gasteiger partial charge on any atom is 0.147 e. The Morgan fingerprint density at radius 2 is 2.12 bits per heavy atom. The molecule has 1 heterocycles. The fraction of sp³-hybridized carbons (Fsp3) is 0.667. The van der Waals surface area contributed by atoms with E-state index in [0.29, 0.717) is 19.1 Å². The third-order valence-electron chi connectivity index (χ3n) is 2.38. The fourth-order valence-corrected chi connectivity index (χ4v) is 1.56. The molecule has 1 aromatic rings. The summed E-state index contributed by atoms with van der Waals surface area (Å²) < 4.78 is 5.11. The molecule has 2 N–H and O–H groups in total. The number of anilines is 1. The molecule has 0 aromatic carbocycles. The lowest BCUT2D eigenvalue weighted by Crippen LogP contribution is -2.31. The SMILES string of the molecule is COCCN(CC(C)C)c1cnc(CN)cn1. The minimum absolute atomic E-state index is 0.426. The van der Waals surface area contributed by atoms with Crippen molar-refractivity contribution in [2.75, 3.05) is 31.7 Å². The van der Waals surface area contributed by atoms with E-state index in [9.17, 15) is 0 Å². The molecule has 0 unspecified atom stereocenters. The first kappa shape index (κ1) is 13.9. The van der Waals surface area contributed by atoms with Crippen molar-refractivity contribution in [3.63, 3.8) is 0 Å². The molecule has 0 aliphatic carbocycles. The molecule has 5 heteroatoms. The molecule has 96 valence electrons. The number of ether oxygens (including phenoxy) is 1. The van der Waals surface area contributed by atoms with Gasteiger partial charge >= 0.3 is 0 Å². The lowest BCUT2D eigenvalue weighted by atomic mass is 10.2. The average Bonchev–Trinajstić information content (AvgIpc) is 2.34. The number of methoxy groups -OCH3 is 1. The number of hydrogen-bond acceptors (Lipinski definition) is 5. The first-order valence-corrected chi connectivity index (χ1v) is 5.92. The zero-order valence-electron chi connectivity index (χ0n) is 10.9. The maximum atomic E-state index is 5.50. The Kier molecular flexibility index (Phi) is 5.86. The highest BCUT2D eigenvalue weighted by atomic mass is 16.5. The van der Waals surface area contributed by atoms with Crippen molar-refractivity contribution in [1.29, 1.82) is 0 Å². The molecule has 17 heavy (non-hydrogen) atoms. The van der Waals surface area contributed by atoms with Crippen molar-refractivity contribution in [1.82, 2.24) is 9.97 Å². The normalized spacial score (nSPS) is 10.9. The maximum absolute atomic E-state index is 5.50. The second-order valence-corrected chi connectivity index (χ2v) is 4.40. The van der Waals surface area contributed by atoms with Crippen molar-refractivity contribution in [2.24, 2.45) is 11.7 Å². The van der Waals surface area contributed by atoms with Gasteiger partial charge in [-0.25, -0.2) is 4.98 Å². The third kappa shape index (κ3) is 4.66. The molecule has 1 aromatic heterocycles. The largest absolute Gasteiger partial charge is 0.383 e. The van der Waals surface area contributed by atoms with Crippen LogP contribution >= 0.6 is 0 Å². The molecular formula is C12H22N4O. The summed E-state index contributed by atoms with van der Waals surface area (Å²) in [5.41, 5.74) is 6.31. The number of nitrogens with zero attached hydrogens (tertiary/aromatic N) is 3. The first-order valence-electron chi connectivity index (χ1n) is 5.92. The molecular weight excluding hydrogens is 216 g/mol.